The third-order valence-corrected chi connectivity index (χ3v) is 9.42. The molecule has 0 aliphatic rings. The number of esters is 2. The van der Waals surface area contributed by atoms with Crippen LogP contribution < -0.4 is 9.47 Å². The van der Waals surface area contributed by atoms with E-state index in [0.29, 0.717) is 11.5 Å². The van der Waals surface area contributed by atoms with Gasteiger partial charge in [0, 0.05) is 37.1 Å². The Balaban J connectivity index is 1.31. The summed E-state index contributed by atoms with van der Waals surface area (Å²) in [4.78, 5) is 30.1. The SMILES string of the molecule is CSc1ccc(Sc2ccc(S/C(C)=C/C(=O)Oc3ccc(C(C)(C)c4ccc(OC(=O)C=C(C)C)cc4)cc3)cc2)cc1. The Morgan fingerprint density at radius 2 is 1.00 bits per heavy atom. The molecule has 7 heteroatoms. The van der Waals surface area contributed by atoms with Crippen molar-refractivity contribution in [3.63, 3.8) is 0 Å². The van der Waals surface area contributed by atoms with Crippen LogP contribution in [0, 0.1) is 0 Å². The number of ether oxygens (including phenoxy) is 2. The van der Waals surface area contributed by atoms with E-state index in [2.05, 4.69) is 68.6 Å². The van der Waals surface area contributed by atoms with E-state index in [9.17, 15) is 9.59 Å². The smallest absolute Gasteiger partial charge is 0.336 e. The zero-order chi connectivity index (χ0) is 31.7. The average molecular weight is 641 g/mol. The maximum atomic E-state index is 12.6. The van der Waals surface area contributed by atoms with Crippen molar-refractivity contribution in [3.8, 4) is 11.5 Å². The van der Waals surface area contributed by atoms with Crippen LogP contribution in [-0.2, 0) is 15.0 Å². The summed E-state index contributed by atoms with van der Waals surface area (Å²) in [5.41, 5.74) is 2.70. The highest BCUT2D eigenvalue weighted by Gasteiger charge is 2.23. The van der Waals surface area contributed by atoms with Crippen LogP contribution in [0.2, 0.25) is 0 Å². The lowest BCUT2D eigenvalue weighted by molar-refractivity contribution is -0.129. The summed E-state index contributed by atoms with van der Waals surface area (Å²) in [5, 5.41) is 0. The van der Waals surface area contributed by atoms with E-state index in [-0.39, 0.29) is 11.4 Å². The second-order valence-corrected chi connectivity index (χ2v) is 14.2. The van der Waals surface area contributed by atoms with Crippen LogP contribution in [0.15, 0.2) is 139 Å². The van der Waals surface area contributed by atoms with Gasteiger partial charge < -0.3 is 9.47 Å². The summed E-state index contributed by atoms with van der Waals surface area (Å²) in [6.07, 6.45) is 5.06. The van der Waals surface area contributed by atoms with Crippen molar-refractivity contribution in [2.75, 3.05) is 6.26 Å². The molecule has 0 aliphatic carbocycles. The molecule has 4 nitrogen and oxygen atoms in total. The molecule has 4 aromatic carbocycles. The van der Waals surface area contributed by atoms with Gasteiger partial charge in [0.25, 0.3) is 0 Å². The number of allylic oxidation sites excluding steroid dienone is 2. The first kappa shape index (κ1) is 33.2. The standard InChI is InChI=1S/C37H36O4S3/c1-25(2)23-35(38)40-29-11-7-27(8-12-29)37(4,5)28-9-13-30(14-10-28)41-36(39)24-26(3)43-32-19-21-34(22-20-32)44-33-17-15-31(42-6)16-18-33/h7-24H,1-6H3/b26-24+. The summed E-state index contributed by atoms with van der Waals surface area (Å²) < 4.78 is 11.0. The van der Waals surface area contributed by atoms with Crippen molar-refractivity contribution in [2.24, 2.45) is 0 Å². The van der Waals surface area contributed by atoms with Gasteiger partial charge in [-0.3, -0.25) is 0 Å². The Labute approximate surface area is 273 Å². The molecule has 0 saturated heterocycles. The Morgan fingerprint density at radius 3 is 1.43 bits per heavy atom. The largest absolute Gasteiger partial charge is 0.423 e. The molecule has 44 heavy (non-hydrogen) atoms. The zero-order valence-corrected chi connectivity index (χ0v) is 28.2. The molecule has 0 heterocycles. The van der Waals surface area contributed by atoms with Gasteiger partial charge in [0.15, 0.2) is 0 Å². The van der Waals surface area contributed by atoms with Crippen LogP contribution >= 0.6 is 35.3 Å². The van der Waals surface area contributed by atoms with Gasteiger partial charge in [0.05, 0.1) is 0 Å². The predicted molar refractivity (Wildman–Crippen MR) is 184 cm³/mol. The molecule has 0 aliphatic heterocycles. The van der Waals surface area contributed by atoms with Crippen molar-refractivity contribution in [1.29, 1.82) is 0 Å². The van der Waals surface area contributed by atoms with Gasteiger partial charge in [-0.15, -0.1) is 11.8 Å². The van der Waals surface area contributed by atoms with Gasteiger partial charge in [0.2, 0.25) is 0 Å². The minimum atomic E-state index is -0.416. The first-order valence-corrected chi connectivity index (χ1v) is 17.0. The van der Waals surface area contributed by atoms with E-state index in [1.165, 1.54) is 33.7 Å². The van der Waals surface area contributed by atoms with Crippen LogP contribution in [0.25, 0.3) is 0 Å². The second-order valence-electron chi connectivity index (χ2n) is 10.8. The molecule has 226 valence electrons. The van der Waals surface area contributed by atoms with Crippen LogP contribution in [0.1, 0.15) is 45.7 Å². The Hall–Kier alpha value is -3.65. The van der Waals surface area contributed by atoms with Crippen molar-refractivity contribution >= 4 is 47.2 Å². The van der Waals surface area contributed by atoms with Gasteiger partial charge >= 0.3 is 11.9 Å². The van der Waals surface area contributed by atoms with Crippen molar-refractivity contribution in [1.82, 2.24) is 0 Å². The lowest BCUT2D eigenvalue weighted by Crippen LogP contribution is -2.19. The summed E-state index contributed by atoms with van der Waals surface area (Å²) in [5.74, 6) is 0.181. The molecule has 0 unspecified atom stereocenters. The summed E-state index contributed by atoms with van der Waals surface area (Å²) >= 11 is 4.99. The molecular weight excluding hydrogens is 605 g/mol. The molecule has 0 amide bonds. The van der Waals surface area contributed by atoms with Crippen LogP contribution in [0.4, 0.5) is 0 Å². The molecule has 4 aromatic rings. The van der Waals surface area contributed by atoms with Crippen molar-refractivity contribution in [2.45, 2.75) is 59.6 Å². The highest BCUT2D eigenvalue weighted by atomic mass is 32.2. The van der Waals surface area contributed by atoms with Gasteiger partial charge in [0.1, 0.15) is 11.5 Å². The molecule has 0 saturated carbocycles. The number of carbonyl (C=O) groups excluding carboxylic acids is 2. The highest BCUT2D eigenvalue weighted by Crippen LogP contribution is 2.34. The Bertz CT molecular complexity index is 1630. The maximum absolute atomic E-state index is 12.6. The van der Waals surface area contributed by atoms with E-state index in [0.717, 1.165) is 31.4 Å². The van der Waals surface area contributed by atoms with E-state index in [1.807, 2.05) is 57.2 Å². The lowest BCUT2D eigenvalue weighted by atomic mass is 9.78. The number of rotatable bonds is 11. The van der Waals surface area contributed by atoms with E-state index >= 15 is 0 Å². The molecular formula is C37H36O4S3. The van der Waals surface area contributed by atoms with Gasteiger partial charge in [-0.25, -0.2) is 9.59 Å². The van der Waals surface area contributed by atoms with Gasteiger partial charge in [-0.05, 0) is 116 Å². The molecule has 0 N–H and O–H groups in total. The van der Waals surface area contributed by atoms with Crippen molar-refractivity contribution < 1.29 is 19.1 Å². The molecule has 0 spiro atoms. The zero-order valence-electron chi connectivity index (χ0n) is 25.8. The molecule has 0 aromatic heterocycles. The van der Waals surface area contributed by atoms with Gasteiger partial charge in [-0.2, -0.15) is 0 Å². The van der Waals surface area contributed by atoms with Gasteiger partial charge in [-0.1, -0.05) is 67.2 Å². The number of carbonyl (C=O) groups is 2. The molecule has 4 rings (SSSR count). The average Bonchev–Trinajstić information content (AvgIpc) is 2.98. The number of hydrogen-bond acceptors (Lipinski definition) is 7. The minimum Gasteiger partial charge on any atom is -0.423 e. The monoisotopic (exact) mass is 640 g/mol. The molecule has 0 atom stereocenters. The van der Waals surface area contributed by atoms with Crippen molar-refractivity contribution in [3.05, 3.63) is 131 Å². The predicted octanol–water partition coefficient (Wildman–Crippen LogP) is 10.4. The topological polar surface area (TPSA) is 52.6 Å². The first-order chi connectivity index (χ1) is 21.0. The highest BCUT2D eigenvalue weighted by molar-refractivity contribution is 8.03. The first-order valence-electron chi connectivity index (χ1n) is 14.1. The van der Waals surface area contributed by atoms with E-state index < -0.39 is 5.97 Å². The van der Waals surface area contributed by atoms with E-state index in [4.69, 9.17) is 9.47 Å². The molecule has 0 bridgehead atoms. The fraction of sp³-hybridized carbons (Fsp3) is 0.189. The third kappa shape index (κ3) is 9.68. The summed E-state index contributed by atoms with van der Waals surface area (Å²) in [6, 6.07) is 31.9. The number of hydrogen-bond donors (Lipinski definition) is 0. The van der Waals surface area contributed by atoms with Crippen LogP contribution in [-0.4, -0.2) is 18.2 Å². The Kier molecular flexibility index (Phi) is 11.6. The summed E-state index contributed by atoms with van der Waals surface area (Å²) in [7, 11) is 0. The normalized spacial score (nSPS) is 11.5. The fourth-order valence-corrected chi connectivity index (χ4v) is 6.33. The second kappa shape index (κ2) is 15.4. The lowest BCUT2D eigenvalue weighted by Gasteiger charge is -2.26. The van der Waals surface area contributed by atoms with E-state index in [1.54, 1.807) is 35.7 Å². The molecule has 0 fully saturated rings. The quantitative estimate of drug-likeness (QED) is 0.0700. The Morgan fingerprint density at radius 1 is 0.591 bits per heavy atom. The van der Waals surface area contributed by atoms with Crippen LogP contribution in [0.5, 0.6) is 11.5 Å². The van der Waals surface area contributed by atoms with Crippen LogP contribution in [0.3, 0.4) is 0 Å². The summed E-state index contributed by atoms with van der Waals surface area (Å²) in [6.45, 7) is 9.85. The maximum Gasteiger partial charge on any atom is 0.336 e. The minimum absolute atomic E-state index is 0.314. The fourth-order valence-electron chi connectivity index (χ4n) is 4.31. The third-order valence-electron chi connectivity index (χ3n) is 6.71. The number of benzene rings is 4. The molecule has 0 radical (unpaired) electrons. The number of thioether (sulfide) groups is 2.